The normalized spacial score (nSPS) is 17.3. The molecule has 0 aliphatic carbocycles. The summed E-state index contributed by atoms with van der Waals surface area (Å²) in [5.74, 6) is 0. The fourth-order valence-electron chi connectivity index (χ4n) is 5.09. The molecule has 7 nitrogen and oxygen atoms in total. The monoisotopic (exact) mass is 671 g/mol. The number of nitrogens with zero attached hydrogens (tertiary/aromatic N) is 1. The maximum absolute atomic E-state index is 11.8. The van der Waals surface area contributed by atoms with E-state index in [2.05, 4.69) is 0 Å². The van der Waals surface area contributed by atoms with Gasteiger partial charge in [-0.1, -0.05) is 116 Å². The number of phosphoric ester groups is 1. The Bertz CT molecular complexity index is 601. The van der Waals surface area contributed by atoms with Gasteiger partial charge in [-0.2, -0.15) is 0 Å². The molecule has 41 heavy (non-hydrogen) atoms. The minimum atomic E-state index is -3.90. The Kier molecular flexibility index (Phi) is 28.3. The zero-order chi connectivity index (χ0) is 29.2. The van der Waals surface area contributed by atoms with E-state index in [1.807, 2.05) is 21.1 Å². The molecule has 1 aliphatic heterocycles. The van der Waals surface area contributed by atoms with Crippen LogP contribution >= 0.6 is 7.82 Å². The first-order chi connectivity index (χ1) is 19.3. The van der Waals surface area contributed by atoms with E-state index < -0.39 is 7.82 Å². The van der Waals surface area contributed by atoms with Gasteiger partial charge in [-0.05, 0) is 32.1 Å². The van der Waals surface area contributed by atoms with Crippen molar-refractivity contribution < 1.29 is 49.4 Å². The molecule has 0 aromatic rings. The number of phosphoric acid groups is 1. The van der Waals surface area contributed by atoms with Gasteiger partial charge in [0.25, 0.3) is 0 Å². The van der Waals surface area contributed by atoms with Crippen LogP contribution in [-0.4, -0.2) is 69.8 Å². The molecule has 2 unspecified atom stereocenters. The molecule has 1 aliphatic rings. The first kappa shape index (κ1) is 41.5. The highest BCUT2D eigenvalue weighted by atomic mass is 79.9. The summed E-state index contributed by atoms with van der Waals surface area (Å²) in [7, 11) is 2.16. The quantitative estimate of drug-likeness (QED) is 0.0582. The molecule has 1 heterocycles. The topological polar surface area (TPSA) is 74.2 Å². The van der Waals surface area contributed by atoms with Gasteiger partial charge in [-0.15, -0.1) is 0 Å². The van der Waals surface area contributed by atoms with Crippen molar-refractivity contribution in [3.8, 4) is 0 Å². The lowest BCUT2D eigenvalue weighted by Crippen LogP contribution is -3.00. The van der Waals surface area contributed by atoms with Gasteiger partial charge in [-0.25, -0.2) is 4.57 Å². The van der Waals surface area contributed by atoms with Crippen LogP contribution in [0, 0.1) is 0 Å². The Labute approximate surface area is 264 Å². The molecular weight excluding hydrogens is 605 g/mol. The SMILES string of the molecule is C[N+](C)(C)CCOP(=O)(O)OCCCCCCCCCCCCCCCCCCCCCCOC1CCCCO1.[Br-]. The van der Waals surface area contributed by atoms with Crippen molar-refractivity contribution >= 4 is 7.82 Å². The average Bonchev–Trinajstić information content (AvgIpc) is 2.90. The molecule has 0 amide bonds. The lowest BCUT2D eigenvalue weighted by atomic mass is 10.0. The molecule has 0 aromatic carbocycles. The molecule has 0 aromatic heterocycles. The van der Waals surface area contributed by atoms with Crippen LogP contribution in [0.5, 0.6) is 0 Å². The zero-order valence-electron chi connectivity index (χ0n) is 27.1. The van der Waals surface area contributed by atoms with E-state index in [1.165, 1.54) is 128 Å². The number of unbranched alkanes of at least 4 members (excludes halogenated alkanes) is 19. The van der Waals surface area contributed by atoms with Crippen LogP contribution < -0.4 is 17.0 Å². The molecule has 1 saturated heterocycles. The molecular formula is C32H67BrNO6P. The molecule has 1 rings (SSSR count). The minimum Gasteiger partial charge on any atom is -1.00 e. The molecule has 2 atom stereocenters. The van der Waals surface area contributed by atoms with Crippen LogP contribution in [0.2, 0.25) is 0 Å². The van der Waals surface area contributed by atoms with Crippen molar-refractivity contribution in [3.63, 3.8) is 0 Å². The van der Waals surface area contributed by atoms with E-state index in [-0.39, 0.29) is 29.9 Å². The van der Waals surface area contributed by atoms with Crippen LogP contribution in [-0.2, 0) is 23.1 Å². The molecule has 1 N–H and O–H groups in total. The van der Waals surface area contributed by atoms with Gasteiger partial charge in [0.05, 0.1) is 27.7 Å². The van der Waals surface area contributed by atoms with Crippen LogP contribution in [0.3, 0.4) is 0 Å². The summed E-state index contributed by atoms with van der Waals surface area (Å²) >= 11 is 0. The Hall–Kier alpha value is 0.470. The van der Waals surface area contributed by atoms with Crippen LogP contribution in [0.4, 0.5) is 0 Å². The summed E-state index contributed by atoms with van der Waals surface area (Å²) < 4.78 is 34.1. The van der Waals surface area contributed by atoms with Crippen molar-refractivity contribution in [2.75, 3.05) is 54.1 Å². The van der Waals surface area contributed by atoms with Gasteiger partial charge < -0.3 is 35.8 Å². The fraction of sp³-hybridized carbons (Fsp3) is 1.00. The van der Waals surface area contributed by atoms with E-state index >= 15 is 0 Å². The maximum Gasteiger partial charge on any atom is 0.472 e. The smallest absolute Gasteiger partial charge is 0.472 e. The number of ether oxygens (including phenoxy) is 2. The lowest BCUT2D eigenvalue weighted by Gasteiger charge is -2.24. The van der Waals surface area contributed by atoms with Crippen LogP contribution in [0.1, 0.15) is 148 Å². The van der Waals surface area contributed by atoms with E-state index in [0.29, 0.717) is 17.6 Å². The Morgan fingerprint density at radius 3 is 1.41 bits per heavy atom. The van der Waals surface area contributed by atoms with Crippen molar-refractivity contribution in [1.29, 1.82) is 0 Å². The third kappa shape index (κ3) is 30.3. The first-order valence-electron chi connectivity index (χ1n) is 16.9. The van der Waals surface area contributed by atoms with Crippen LogP contribution in [0.25, 0.3) is 0 Å². The average molecular weight is 673 g/mol. The third-order valence-corrected chi connectivity index (χ3v) is 8.77. The second-order valence-corrected chi connectivity index (χ2v) is 14.3. The zero-order valence-corrected chi connectivity index (χ0v) is 29.6. The predicted octanol–water partition coefficient (Wildman–Crippen LogP) is 6.18. The molecule has 9 heteroatoms. The van der Waals surface area contributed by atoms with Gasteiger partial charge >= 0.3 is 7.82 Å². The standard InChI is InChI=1S/C32H66NO6P.BrH/c1-33(2,3)27-31-39-40(34,35)38-30-24-21-19-17-15-13-11-9-7-5-4-6-8-10-12-14-16-18-20-23-28-36-32-26-22-25-29-37-32;/h32H,4-31H2,1-3H3;1H. The predicted molar refractivity (Wildman–Crippen MR) is 167 cm³/mol. The summed E-state index contributed by atoms with van der Waals surface area (Å²) in [4.78, 5) is 9.71. The molecule has 248 valence electrons. The highest BCUT2D eigenvalue weighted by molar-refractivity contribution is 7.47. The summed E-state index contributed by atoms with van der Waals surface area (Å²) in [5, 5.41) is 0. The van der Waals surface area contributed by atoms with Crippen molar-refractivity contribution in [2.24, 2.45) is 0 Å². The van der Waals surface area contributed by atoms with Crippen molar-refractivity contribution in [1.82, 2.24) is 0 Å². The summed E-state index contributed by atoms with van der Waals surface area (Å²) in [5.41, 5.74) is 0. The second-order valence-electron chi connectivity index (χ2n) is 12.9. The van der Waals surface area contributed by atoms with Gasteiger partial charge in [0, 0.05) is 13.2 Å². The summed E-state index contributed by atoms with van der Waals surface area (Å²) in [6, 6.07) is 0. The highest BCUT2D eigenvalue weighted by Gasteiger charge is 2.22. The van der Waals surface area contributed by atoms with Crippen LogP contribution in [0.15, 0.2) is 0 Å². The number of halogens is 1. The minimum absolute atomic E-state index is 0. The largest absolute Gasteiger partial charge is 1.00 e. The van der Waals surface area contributed by atoms with E-state index in [0.717, 1.165) is 32.5 Å². The molecule has 0 radical (unpaired) electrons. The van der Waals surface area contributed by atoms with Crippen molar-refractivity contribution in [2.45, 2.75) is 154 Å². The summed E-state index contributed by atoms with van der Waals surface area (Å²) in [6.07, 6.45) is 29.8. The Balaban J connectivity index is 0.0000160. The first-order valence-corrected chi connectivity index (χ1v) is 18.4. The lowest BCUT2D eigenvalue weighted by molar-refractivity contribution is -0.870. The van der Waals surface area contributed by atoms with E-state index in [4.69, 9.17) is 18.5 Å². The van der Waals surface area contributed by atoms with Gasteiger partial charge in [-0.3, -0.25) is 9.05 Å². The molecule has 1 fully saturated rings. The Morgan fingerprint density at radius 1 is 0.634 bits per heavy atom. The molecule has 0 saturated carbocycles. The van der Waals surface area contributed by atoms with Gasteiger partial charge in [0.1, 0.15) is 13.2 Å². The fourth-order valence-corrected chi connectivity index (χ4v) is 5.84. The number of quaternary nitrogens is 1. The van der Waals surface area contributed by atoms with E-state index in [9.17, 15) is 9.46 Å². The third-order valence-electron chi connectivity index (χ3n) is 7.75. The Morgan fingerprint density at radius 2 is 1.02 bits per heavy atom. The molecule has 0 bridgehead atoms. The van der Waals surface area contributed by atoms with Gasteiger partial charge in [0.2, 0.25) is 0 Å². The summed E-state index contributed by atoms with van der Waals surface area (Å²) in [6.45, 7) is 2.94. The second kappa shape index (κ2) is 28.0. The number of likely N-dealkylation sites (N-methyl/N-ethyl adjacent to an activating group) is 1. The van der Waals surface area contributed by atoms with Gasteiger partial charge in [0.15, 0.2) is 6.29 Å². The van der Waals surface area contributed by atoms with Crippen molar-refractivity contribution in [3.05, 3.63) is 0 Å². The highest BCUT2D eigenvalue weighted by Crippen LogP contribution is 2.43. The maximum atomic E-state index is 11.8. The molecule has 0 spiro atoms. The number of rotatable bonds is 29. The number of hydrogen-bond acceptors (Lipinski definition) is 5. The number of hydrogen-bond donors (Lipinski definition) is 1. The van der Waals surface area contributed by atoms with E-state index in [1.54, 1.807) is 0 Å².